The second kappa shape index (κ2) is 9.27. The lowest BCUT2D eigenvalue weighted by Gasteiger charge is -2.16. The molecule has 4 aromatic heterocycles. The Kier molecular flexibility index (Phi) is 5.68. The summed E-state index contributed by atoms with van der Waals surface area (Å²) in [4.78, 5) is 27.7. The number of likely N-dealkylation sites (tertiary alicyclic amines) is 1. The zero-order chi connectivity index (χ0) is 27.5. The number of hydrogen-bond acceptors (Lipinski definition) is 7. The lowest BCUT2D eigenvalue weighted by atomic mass is 10.1. The molecular formula is C29H25FN8OS. The molecule has 1 aliphatic heterocycles. The maximum absolute atomic E-state index is 15.2. The minimum atomic E-state index is -0.418. The summed E-state index contributed by atoms with van der Waals surface area (Å²) in [5.41, 5.74) is 10.0. The Morgan fingerprint density at radius 1 is 1.25 bits per heavy atom. The second-order valence-corrected chi connectivity index (χ2v) is 11.1. The fraction of sp³-hybridized carbons (Fsp3) is 0.276. The molecule has 2 aliphatic rings. The van der Waals surface area contributed by atoms with Crippen LogP contribution in [-0.4, -0.2) is 53.2 Å². The number of pyridine rings is 1. The third-order valence-corrected chi connectivity index (χ3v) is 8.48. The zero-order valence-corrected chi connectivity index (χ0v) is 22.6. The number of imidazole rings is 1. The van der Waals surface area contributed by atoms with Crippen LogP contribution in [0.25, 0.3) is 32.5 Å². The number of aromatic nitrogens is 6. The van der Waals surface area contributed by atoms with E-state index in [1.807, 2.05) is 21.7 Å². The largest absolute Gasteiger partial charge is 0.383 e. The van der Waals surface area contributed by atoms with Crippen LogP contribution < -0.4 is 5.73 Å². The number of hydrogen-bond donors (Lipinski definition) is 1. The number of fused-ring (bicyclic) bond motifs is 2. The molecule has 200 valence electrons. The molecule has 2 N–H and O–H groups in total. The van der Waals surface area contributed by atoms with Gasteiger partial charge in [-0.25, -0.2) is 19.3 Å². The van der Waals surface area contributed by atoms with Crippen LogP contribution in [0, 0.1) is 17.7 Å². The van der Waals surface area contributed by atoms with E-state index in [1.54, 1.807) is 23.4 Å². The van der Waals surface area contributed by atoms with Crippen LogP contribution in [0.3, 0.4) is 0 Å². The molecule has 1 aromatic carbocycles. The van der Waals surface area contributed by atoms with Crippen molar-refractivity contribution in [2.45, 2.75) is 31.2 Å². The van der Waals surface area contributed by atoms with E-state index < -0.39 is 5.82 Å². The summed E-state index contributed by atoms with van der Waals surface area (Å²) in [7, 11) is 1.93. The SMILES string of the molecule is C=CC(=O)N1CC[C@H](n2nc(C#Cc3cc4nc(C5CC5)n(C)c4cc3F)c3c(N)ncc(-c4nccs4)c32)C1. The molecule has 0 radical (unpaired) electrons. The van der Waals surface area contributed by atoms with Gasteiger partial charge in [0.2, 0.25) is 5.91 Å². The van der Waals surface area contributed by atoms with Gasteiger partial charge in [0.15, 0.2) is 0 Å². The predicted octanol–water partition coefficient (Wildman–Crippen LogP) is 4.40. The highest BCUT2D eigenvalue weighted by atomic mass is 32.1. The van der Waals surface area contributed by atoms with E-state index in [1.165, 1.54) is 23.5 Å². The van der Waals surface area contributed by atoms with E-state index in [2.05, 4.69) is 28.4 Å². The molecule has 1 saturated carbocycles. The number of carbonyl (C=O) groups excluding carboxylic acids is 1. The standard InChI is InChI=1S/C29H25FN8OS/c1-3-24(39)37-10-8-18(15-37)38-26-19(29-32-9-11-40-29)14-33-27(31)25(26)21(35-38)7-6-17-12-22-23(13-20(17)30)36(2)28(34-22)16-4-5-16/h3,9,11-14,16,18H,1,4-5,8,10,15H2,2H3,(H2,31,33)/t18-/m0/s1. The van der Waals surface area contributed by atoms with E-state index in [4.69, 9.17) is 15.8 Å². The first-order valence-electron chi connectivity index (χ1n) is 13.1. The third-order valence-electron chi connectivity index (χ3n) is 7.68. The van der Waals surface area contributed by atoms with Crippen LogP contribution in [0.5, 0.6) is 0 Å². The molecule has 5 aromatic rings. The molecule has 0 spiro atoms. The second-order valence-electron chi connectivity index (χ2n) is 10.2. The zero-order valence-electron chi connectivity index (χ0n) is 21.8. The number of benzene rings is 1. The van der Waals surface area contributed by atoms with E-state index in [9.17, 15) is 4.79 Å². The fourth-order valence-electron chi connectivity index (χ4n) is 5.49. The van der Waals surface area contributed by atoms with Crippen molar-refractivity contribution in [3.8, 4) is 22.4 Å². The van der Waals surface area contributed by atoms with Gasteiger partial charge in [0, 0.05) is 49.9 Å². The maximum atomic E-state index is 15.2. The number of nitrogens with two attached hydrogens (primary N) is 1. The number of nitrogen functional groups attached to an aromatic ring is 1. The van der Waals surface area contributed by atoms with Crippen LogP contribution in [0.1, 0.15) is 48.3 Å². The molecule has 11 heteroatoms. The van der Waals surface area contributed by atoms with Gasteiger partial charge in [0.25, 0.3) is 0 Å². The highest BCUT2D eigenvalue weighted by Crippen LogP contribution is 2.40. The normalized spacial score (nSPS) is 16.9. The van der Waals surface area contributed by atoms with Crippen molar-refractivity contribution < 1.29 is 9.18 Å². The van der Waals surface area contributed by atoms with Gasteiger partial charge in [-0.2, -0.15) is 5.10 Å². The van der Waals surface area contributed by atoms with Crippen molar-refractivity contribution in [1.29, 1.82) is 0 Å². The van der Waals surface area contributed by atoms with Crippen LogP contribution in [0.15, 0.2) is 42.6 Å². The molecule has 1 aliphatic carbocycles. The Morgan fingerprint density at radius 2 is 2.10 bits per heavy atom. The Morgan fingerprint density at radius 3 is 2.85 bits per heavy atom. The molecular weight excluding hydrogens is 527 g/mol. The highest BCUT2D eigenvalue weighted by molar-refractivity contribution is 7.13. The van der Waals surface area contributed by atoms with Gasteiger partial charge in [-0.05, 0) is 37.3 Å². The maximum Gasteiger partial charge on any atom is 0.246 e. The molecule has 7 rings (SSSR count). The van der Waals surface area contributed by atoms with Gasteiger partial charge in [0.05, 0.1) is 39.1 Å². The Bertz CT molecular complexity index is 1890. The van der Waals surface area contributed by atoms with Crippen molar-refractivity contribution in [1.82, 2.24) is 34.2 Å². The summed E-state index contributed by atoms with van der Waals surface area (Å²) in [6.45, 7) is 4.67. The lowest BCUT2D eigenvalue weighted by Crippen LogP contribution is -2.27. The monoisotopic (exact) mass is 552 g/mol. The smallest absolute Gasteiger partial charge is 0.246 e. The van der Waals surface area contributed by atoms with E-state index >= 15 is 4.39 Å². The average molecular weight is 553 g/mol. The summed E-state index contributed by atoms with van der Waals surface area (Å²) < 4.78 is 19.1. The van der Waals surface area contributed by atoms with Crippen LogP contribution in [-0.2, 0) is 11.8 Å². The fourth-order valence-corrected chi connectivity index (χ4v) is 6.14. The highest BCUT2D eigenvalue weighted by Gasteiger charge is 2.31. The summed E-state index contributed by atoms with van der Waals surface area (Å²) in [5.74, 6) is 7.23. The summed E-state index contributed by atoms with van der Waals surface area (Å²) in [5, 5.41) is 8.12. The number of aryl methyl sites for hydroxylation is 1. The van der Waals surface area contributed by atoms with Crippen molar-refractivity contribution in [2.24, 2.45) is 7.05 Å². The summed E-state index contributed by atoms with van der Waals surface area (Å²) in [6.07, 6.45) is 7.68. The van der Waals surface area contributed by atoms with Crippen LogP contribution >= 0.6 is 11.3 Å². The van der Waals surface area contributed by atoms with E-state index in [0.29, 0.717) is 36.5 Å². The van der Waals surface area contributed by atoms with E-state index in [-0.39, 0.29) is 23.3 Å². The molecule has 5 heterocycles. The average Bonchev–Trinajstić information content (AvgIpc) is 3.33. The van der Waals surface area contributed by atoms with Gasteiger partial charge in [-0.1, -0.05) is 12.5 Å². The minimum Gasteiger partial charge on any atom is -0.383 e. The Labute approximate surface area is 233 Å². The number of amides is 1. The van der Waals surface area contributed by atoms with Gasteiger partial charge < -0.3 is 15.2 Å². The predicted molar refractivity (Wildman–Crippen MR) is 152 cm³/mol. The number of thiazole rings is 1. The van der Waals surface area contributed by atoms with Crippen LogP contribution in [0.2, 0.25) is 0 Å². The topological polar surface area (TPSA) is 108 Å². The number of halogens is 1. The minimum absolute atomic E-state index is 0.107. The van der Waals surface area contributed by atoms with E-state index in [0.717, 1.165) is 45.8 Å². The van der Waals surface area contributed by atoms with Crippen molar-refractivity contribution in [2.75, 3.05) is 18.8 Å². The number of nitrogens with zero attached hydrogens (tertiary/aromatic N) is 7. The Hall–Kier alpha value is -4.56. The molecule has 1 atom stereocenters. The summed E-state index contributed by atoms with van der Waals surface area (Å²) >= 11 is 1.48. The molecule has 2 fully saturated rings. The molecule has 1 amide bonds. The molecule has 9 nitrogen and oxygen atoms in total. The summed E-state index contributed by atoms with van der Waals surface area (Å²) in [6, 6.07) is 3.08. The van der Waals surface area contributed by atoms with Gasteiger partial charge >= 0.3 is 0 Å². The first-order valence-corrected chi connectivity index (χ1v) is 14.0. The number of anilines is 1. The van der Waals surface area contributed by atoms with Gasteiger partial charge in [-0.3, -0.25) is 9.48 Å². The van der Waals surface area contributed by atoms with Crippen molar-refractivity contribution in [3.63, 3.8) is 0 Å². The quantitative estimate of drug-likeness (QED) is 0.262. The van der Waals surface area contributed by atoms with Crippen molar-refractivity contribution >= 4 is 45.0 Å². The molecule has 0 bridgehead atoms. The first kappa shape index (κ1) is 24.5. The molecule has 1 saturated heterocycles. The molecule has 40 heavy (non-hydrogen) atoms. The lowest BCUT2D eigenvalue weighted by molar-refractivity contribution is -0.125. The van der Waals surface area contributed by atoms with Crippen LogP contribution in [0.4, 0.5) is 10.2 Å². The Balaban J connectivity index is 1.37. The third kappa shape index (κ3) is 3.95. The molecule has 0 unspecified atom stereocenters. The van der Waals surface area contributed by atoms with Gasteiger partial charge in [-0.15, -0.1) is 11.3 Å². The van der Waals surface area contributed by atoms with Crippen molar-refractivity contribution in [3.05, 3.63) is 65.5 Å². The number of carbonyl (C=O) groups is 1. The number of rotatable bonds is 4. The first-order chi connectivity index (χ1) is 19.4. The van der Waals surface area contributed by atoms with Gasteiger partial charge in [0.1, 0.15) is 28.2 Å².